The van der Waals surface area contributed by atoms with Crippen LogP contribution in [0.1, 0.15) is 48.7 Å². The number of rotatable bonds is 4. The van der Waals surface area contributed by atoms with Gasteiger partial charge in [-0.15, -0.1) is 0 Å². The molecule has 1 saturated carbocycles. The molecule has 5 nitrogen and oxygen atoms in total. The van der Waals surface area contributed by atoms with Crippen LogP contribution in [-0.4, -0.2) is 12.0 Å². The third-order valence-electron chi connectivity index (χ3n) is 3.46. The highest BCUT2D eigenvalue weighted by Gasteiger charge is 2.21. The molecule has 2 atom stereocenters. The molecule has 1 heterocycles. The Kier molecular flexibility index (Phi) is 4.38. The van der Waals surface area contributed by atoms with Crippen LogP contribution in [0.4, 0.5) is 0 Å². The number of carbonyl (C=O) groups excluding carboxylic acids is 1. The number of amides is 1. The molecule has 1 aliphatic carbocycles. The van der Waals surface area contributed by atoms with Gasteiger partial charge in [-0.3, -0.25) is 10.2 Å². The summed E-state index contributed by atoms with van der Waals surface area (Å²) in [7, 11) is 0. The minimum Gasteiger partial charge on any atom is -0.466 e. The highest BCUT2D eigenvalue weighted by Crippen LogP contribution is 2.26. The van der Waals surface area contributed by atoms with Gasteiger partial charge in [0.2, 0.25) is 0 Å². The lowest BCUT2D eigenvalue weighted by Gasteiger charge is -2.26. The van der Waals surface area contributed by atoms with Gasteiger partial charge in [-0.05, 0) is 24.8 Å². The van der Waals surface area contributed by atoms with Crippen LogP contribution < -0.4 is 11.3 Å². The van der Waals surface area contributed by atoms with E-state index in [0.29, 0.717) is 23.8 Å². The van der Waals surface area contributed by atoms with E-state index in [1.165, 1.54) is 19.1 Å². The van der Waals surface area contributed by atoms with Gasteiger partial charge in [0.15, 0.2) is 0 Å². The Balaban J connectivity index is 1.90. The second kappa shape index (κ2) is 6.02. The number of ether oxygens (including phenoxy) is 1. The zero-order valence-corrected chi connectivity index (χ0v) is 10.6. The molecule has 5 heteroatoms. The van der Waals surface area contributed by atoms with Crippen molar-refractivity contribution in [2.24, 2.45) is 11.8 Å². The number of carbonyl (C=O) groups is 1. The van der Waals surface area contributed by atoms with Gasteiger partial charge in [-0.2, -0.15) is 0 Å². The molecule has 0 aliphatic heterocycles. The number of nitrogen functional groups attached to an aromatic ring is 1. The largest absolute Gasteiger partial charge is 0.466 e. The number of hydrazine groups is 1. The van der Waals surface area contributed by atoms with E-state index in [9.17, 15) is 4.79 Å². The van der Waals surface area contributed by atoms with E-state index in [-0.39, 0.29) is 12.0 Å². The second-order valence-electron chi connectivity index (χ2n) is 4.94. The van der Waals surface area contributed by atoms with Crippen LogP contribution in [0.2, 0.25) is 0 Å². The lowest BCUT2D eigenvalue weighted by molar-refractivity contribution is -0.00299. The molecule has 0 radical (unpaired) electrons. The molecule has 0 spiro atoms. The summed E-state index contributed by atoms with van der Waals surface area (Å²) in [4.78, 5) is 11.4. The summed E-state index contributed by atoms with van der Waals surface area (Å²) in [5.41, 5.74) is 2.54. The summed E-state index contributed by atoms with van der Waals surface area (Å²) < 4.78 is 11.1. The van der Waals surface area contributed by atoms with Crippen molar-refractivity contribution in [3.05, 3.63) is 23.7 Å². The van der Waals surface area contributed by atoms with Crippen LogP contribution in [0, 0.1) is 5.92 Å². The normalized spacial score (nSPS) is 23.9. The first-order valence-corrected chi connectivity index (χ1v) is 6.39. The lowest BCUT2D eigenvalue weighted by Crippen LogP contribution is -2.30. The average molecular weight is 252 g/mol. The Hall–Kier alpha value is -1.33. The third-order valence-corrected chi connectivity index (χ3v) is 3.46. The first-order chi connectivity index (χ1) is 8.70. The Bertz CT molecular complexity index is 403. The molecule has 1 amide bonds. The predicted molar refractivity (Wildman–Crippen MR) is 66.6 cm³/mol. The molecule has 1 aromatic rings. The molecule has 1 fully saturated rings. The highest BCUT2D eigenvalue weighted by atomic mass is 16.5. The summed E-state index contributed by atoms with van der Waals surface area (Å²) in [6.07, 6.45) is 6.41. The molecule has 2 rings (SSSR count). The number of hydrogen-bond acceptors (Lipinski definition) is 4. The maximum Gasteiger partial charge on any atom is 0.268 e. The maximum atomic E-state index is 11.4. The minimum absolute atomic E-state index is 0.271. The van der Waals surface area contributed by atoms with Crippen LogP contribution in [-0.2, 0) is 11.3 Å². The summed E-state index contributed by atoms with van der Waals surface area (Å²) in [5, 5.41) is 0. The molecule has 0 aromatic carbocycles. The van der Waals surface area contributed by atoms with Gasteiger partial charge >= 0.3 is 0 Å². The van der Waals surface area contributed by atoms with Gasteiger partial charge in [0.1, 0.15) is 12.4 Å². The quantitative estimate of drug-likeness (QED) is 0.488. The summed E-state index contributed by atoms with van der Waals surface area (Å²) >= 11 is 0. The fourth-order valence-electron chi connectivity index (χ4n) is 2.46. The number of furan rings is 1. The second-order valence-corrected chi connectivity index (χ2v) is 4.94. The van der Waals surface area contributed by atoms with Crippen LogP contribution in [0.5, 0.6) is 0 Å². The number of nitrogens with one attached hydrogen (secondary N) is 1. The van der Waals surface area contributed by atoms with Crippen LogP contribution in [0.15, 0.2) is 16.7 Å². The Labute approximate surface area is 107 Å². The number of hydrogen-bond donors (Lipinski definition) is 2. The van der Waals surface area contributed by atoms with Crippen LogP contribution >= 0.6 is 0 Å². The molecular formula is C13H20N2O3. The SMILES string of the molecule is CC1CCCC(OCc2occc2C(=O)NN)C1. The van der Waals surface area contributed by atoms with Crippen molar-refractivity contribution in [3.8, 4) is 0 Å². The maximum absolute atomic E-state index is 11.4. The molecule has 0 saturated heterocycles. The number of nitrogens with two attached hydrogens (primary N) is 1. The zero-order valence-electron chi connectivity index (χ0n) is 10.6. The predicted octanol–water partition coefficient (Wildman–Crippen LogP) is 1.98. The van der Waals surface area contributed by atoms with Crippen molar-refractivity contribution >= 4 is 5.91 Å². The third kappa shape index (κ3) is 3.11. The van der Waals surface area contributed by atoms with Crippen molar-refractivity contribution in [2.75, 3.05) is 0 Å². The lowest BCUT2D eigenvalue weighted by atomic mass is 9.89. The summed E-state index contributed by atoms with van der Waals surface area (Å²) in [6.45, 7) is 2.57. The van der Waals surface area contributed by atoms with Crippen molar-refractivity contribution in [2.45, 2.75) is 45.3 Å². The van der Waals surface area contributed by atoms with E-state index in [1.54, 1.807) is 6.07 Å². The van der Waals surface area contributed by atoms with Crippen molar-refractivity contribution in [1.29, 1.82) is 0 Å². The molecule has 1 aliphatic rings. The fourth-order valence-corrected chi connectivity index (χ4v) is 2.46. The molecule has 3 N–H and O–H groups in total. The first-order valence-electron chi connectivity index (χ1n) is 6.39. The molecule has 18 heavy (non-hydrogen) atoms. The first kappa shape index (κ1) is 13.1. The Morgan fingerprint density at radius 2 is 2.44 bits per heavy atom. The van der Waals surface area contributed by atoms with Crippen LogP contribution in [0.25, 0.3) is 0 Å². The van der Waals surface area contributed by atoms with Gasteiger partial charge in [0.25, 0.3) is 5.91 Å². The van der Waals surface area contributed by atoms with E-state index >= 15 is 0 Å². The smallest absolute Gasteiger partial charge is 0.268 e. The van der Waals surface area contributed by atoms with Crippen LogP contribution in [0.3, 0.4) is 0 Å². The topological polar surface area (TPSA) is 77.5 Å². The van der Waals surface area contributed by atoms with Crippen molar-refractivity contribution < 1.29 is 13.9 Å². The van der Waals surface area contributed by atoms with E-state index in [1.807, 2.05) is 0 Å². The van der Waals surface area contributed by atoms with E-state index < -0.39 is 0 Å². The molecule has 100 valence electrons. The van der Waals surface area contributed by atoms with Gasteiger partial charge in [-0.1, -0.05) is 19.8 Å². The molecule has 1 aromatic heterocycles. The summed E-state index contributed by atoms with van der Waals surface area (Å²) in [5.74, 6) is 6.01. The molecular weight excluding hydrogens is 232 g/mol. The van der Waals surface area contributed by atoms with Gasteiger partial charge < -0.3 is 9.15 Å². The van der Waals surface area contributed by atoms with E-state index in [4.69, 9.17) is 15.0 Å². The molecule has 0 bridgehead atoms. The van der Waals surface area contributed by atoms with Gasteiger partial charge in [0.05, 0.1) is 17.9 Å². The highest BCUT2D eigenvalue weighted by molar-refractivity contribution is 5.94. The Morgan fingerprint density at radius 3 is 3.17 bits per heavy atom. The average Bonchev–Trinajstić information content (AvgIpc) is 2.84. The zero-order chi connectivity index (χ0) is 13.0. The minimum atomic E-state index is -0.348. The summed E-state index contributed by atoms with van der Waals surface area (Å²) in [6, 6.07) is 1.60. The van der Waals surface area contributed by atoms with E-state index in [2.05, 4.69) is 12.3 Å². The van der Waals surface area contributed by atoms with Gasteiger partial charge in [-0.25, -0.2) is 5.84 Å². The van der Waals surface area contributed by atoms with Gasteiger partial charge in [0, 0.05) is 0 Å². The van der Waals surface area contributed by atoms with E-state index in [0.717, 1.165) is 12.8 Å². The molecule has 2 unspecified atom stereocenters. The standard InChI is InChI=1S/C13H20N2O3/c1-9-3-2-4-10(7-9)18-8-12-11(5-6-17-12)13(16)15-14/h5-6,9-10H,2-4,7-8,14H2,1H3,(H,15,16). The Morgan fingerprint density at radius 1 is 1.61 bits per heavy atom. The monoisotopic (exact) mass is 252 g/mol. The fraction of sp³-hybridized carbons (Fsp3) is 0.615. The van der Waals surface area contributed by atoms with Crippen molar-refractivity contribution in [3.63, 3.8) is 0 Å². The van der Waals surface area contributed by atoms with Crippen molar-refractivity contribution in [1.82, 2.24) is 5.43 Å².